The van der Waals surface area contributed by atoms with E-state index in [4.69, 9.17) is 19.6 Å². The van der Waals surface area contributed by atoms with Crippen LogP contribution < -0.4 is 0 Å². The van der Waals surface area contributed by atoms with Crippen LogP contribution in [0.4, 0.5) is 0 Å². The predicted octanol–water partition coefficient (Wildman–Crippen LogP) is 2.15. The van der Waals surface area contributed by atoms with E-state index >= 15 is 0 Å². The topological polar surface area (TPSA) is 63.8 Å². The SMILES string of the molecule is CC(C)(C)C(C)(C)CC1OOC2(OO2)C1(C)O. The Morgan fingerprint density at radius 3 is 1.94 bits per heavy atom. The molecule has 5 nitrogen and oxygen atoms in total. The fraction of sp³-hybridized carbons (Fsp3) is 1.00. The quantitative estimate of drug-likeness (QED) is 0.597. The number of rotatable bonds is 2. The molecule has 5 heteroatoms. The zero-order valence-electron chi connectivity index (χ0n) is 11.4. The molecular formula is C12H22O5. The van der Waals surface area contributed by atoms with Crippen molar-refractivity contribution in [1.82, 2.24) is 0 Å². The van der Waals surface area contributed by atoms with Crippen LogP contribution in [0.5, 0.6) is 0 Å². The summed E-state index contributed by atoms with van der Waals surface area (Å²) < 4.78 is 0. The highest BCUT2D eigenvalue weighted by Crippen LogP contribution is 2.53. The molecule has 0 radical (unpaired) electrons. The van der Waals surface area contributed by atoms with Crippen molar-refractivity contribution in [2.45, 2.75) is 65.6 Å². The number of hydrogen-bond acceptors (Lipinski definition) is 5. The van der Waals surface area contributed by atoms with Gasteiger partial charge in [-0.1, -0.05) is 34.6 Å². The van der Waals surface area contributed by atoms with E-state index in [1.165, 1.54) is 0 Å². The van der Waals surface area contributed by atoms with Gasteiger partial charge in [-0.25, -0.2) is 4.89 Å². The third-order valence-corrected chi connectivity index (χ3v) is 4.48. The van der Waals surface area contributed by atoms with E-state index in [2.05, 4.69) is 34.6 Å². The van der Waals surface area contributed by atoms with Crippen molar-refractivity contribution in [2.75, 3.05) is 0 Å². The first kappa shape index (κ1) is 13.2. The lowest BCUT2D eigenvalue weighted by molar-refractivity contribution is -0.334. The zero-order chi connectivity index (χ0) is 13.1. The van der Waals surface area contributed by atoms with Gasteiger partial charge >= 0.3 is 5.97 Å². The molecule has 2 aliphatic rings. The van der Waals surface area contributed by atoms with Crippen LogP contribution in [0.2, 0.25) is 0 Å². The monoisotopic (exact) mass is 246 g/mol. The minimum absolute atomic E-state index is 0.0224. The number of hydrogen-bond donors (Lipinski definition) is 1. The zero-order valence-corrected chi connectivity index (χ0v) is 11.4. The molecule has 1 N–H and O–H groups in total. The van der Waals surface area contributed by atoms with Crippen LogP contribution in [-0.4, -0.2) is 22.8 Å². The third kappa shape index (κ3) is 1.90. The Labute approximate surface area is 102 Å². The van der Waals surface area contributed by atoms with Crippen molar-refractivity contribution in [3.8, 4) is 0 Å². The van der Waals surface area contributed by atoms with Crippen LogP contribution in [-0.2, 0) is 19.6 Å². The van der Waals surface area contributed by atoms with Crippen molar-refractivity contribution in [3.63, 3.8) is 0 Å². The molecule has 1 spiro atoms. The molecule has 2 rings (SSSR count). The smallest absolute Gasteiger partial charge is 0.379 e. The lowest BCUT2D eigenvalue weighted by Gasteiger charge is -2.41. The molecule has 0 saturated carbocycles. The van der Waals surface area contributed by atoms with Gasteiger partial charge in [0.15, 0.2) is 5.60 Å². The maximum Gasteiger partial charge on any atom is 0.396 e. The molecule has 2 unspecified atom stereocenters. The Morgan fingerprint density at radius 2 is 1.59 bits per heavy atom. The fourth-order valence-corrected chi connectivity index (χ4v) is 1.73. The van der Waals surface area contributed by atoms with Gasteiger partial charge in [0, 0.05) is 0 Å². The highest BCUT2D eigenvalue weighted by Gasteiger charge is 2.75. The van der Waals surface area contributed by atoms with E-state index in [9.17, 15) is 5.11 Å². The second kappa shape index (κ2) is 3.42. The van der Waals surface area contributed by atoms with Crippen LogP contribution in [0.15, 0.2) is 0 Å². The second-order valence-electron chi connectivity index (χ2n) is 6.88. The summed E-state index contributed by atoms with van der Waals surface area (Å²) >= 11 is 0. The molecule has 0 aromatic heterocycles. The van der Waals surface area contributed by atoms with E-state index in [1.54, 1.807) is 6.92 Å². The maximum absolute atomic E-state index is 10.4. The van der Waals surface area contributed by atoms with Crippen LogP contribution in [0.25, 0.3) is 0 Å². The van der Waals surface area contributed by atoms with E-state index < -0.39 is 17.7 Å². The molecule has 0 amide bonds. The summed E-state index contributed by atoms with van der Waals surface area (Å²) in [5.41, 5.74) is -1.23. The summed E-state index contributed by atoms with van der Waals surface area (Å²) in [6, 6.07) is 0. The van der Waals surface area contributed by atoms with Gasteiger partial charge in [-0.05, 0) is 24.2 Å². The van der Waals surface area contributed by atoms with E-state index in [1.807, 2.05) is 0 Å². The largest absolute Gasteiger partial charge is 0.396 e. The highest BCUT2D eigenvalue weighted by molar-refractivity contribution is 5.00. The summed E-state index contributed by atoms with van der Waals surface area (Å²) in [4.78, 5) is 19.5. The molecule has 0 bridgehead atoms. The average Bonchev–Trinajstić information content (AvgIpc) is 2.86. The summed E-state index contributed by atoms with van der Waals surface area (Å²) in [5, 5.41) is 10.4. The predicted molar refractivity (Wildman–Crippen MR) is 59.3 cm³/mol. The molecule has 17 heavy (non-hydrogen) atoms. The van der Waals surface area contributed by atoms with Crippen molar-refractivity contribution >= 4 is 0 Å². The maximum atomic E-state index is 10.4. The van der Waals surface area contributed by atoms with E-state index in [-0.39, 0.29) is 10.8 Å². The molecular weight excluding hydrogens is 224 g/mol. The van der Waals surface area contributed by atoms with Crippen LogP contribution >= 0.6 is 0 Å². The van der Waals surface area contributed by atoms with Gasteiger partial charge < -0.3 is 5.11 Å². The molecule has 2 saturated heterocycles. The highest BCUT2D eigenvalue weighted by atomic mass is 17.5. The summed E-state index contributed by atoms with van der Waals surface area (Å²) in [5.74, 6) is -1.41. The Morgan fingerprint density at radius 1 is 1.06 bits per heavy atom. The summed E-state index contributed by atoms with van der Waals surface area (Å²) in [6.45, 7) is 12.4. The first-order chi connectivity index (χ1) is 7.52. The Balaban J connectivity index is 2.11. The van der Waals surface area contributed by atoms with Gasteiger partial charge in [-0.3, -0.25) is 0 Å². The molecule has 2 aliphatic heterocycles. The summed E-state index contributed by atoms with van der Waals surface area (Å²) in [7, 11) is 0. The molecule has 0 aromatic rings. The Bertz CT molecular complexity index is 311. The molecule has 2 atom stereocenters. The molecule has 2 heterocycles. The van der Waals surface area contributed by atoms with Gasteiger partial charge in [0.25, 0.3) is 0 Å². The van der Waals surface area contributed by atoms with Crippen molar-refractivity contribution in [3.05, 3.63) is 0 Å². The Hall–Kier alpha value is -0.200. The lowest BCUT2D eigenvalue weighted by Crippen LogP contribution is -2.48. The molecule has 2 fully saturated rings. The first-order valence-corrected chi connectivity index (χ1v) is 5.96. The number of aliphatic hydroxyl groups is 1. The van der Waals surface area contributed by atoms with Gasteiger partial charge in [-0.15, -0.1) is 0 Å². The lowest BCUT2D eigenvalue weighted by atomic mass is 9.65. The fourth-order valence-electron chi connectivity index (χ4n) is 1.73. The van der Waals surface area contributed by atoms with Crippen molar-refractivity contribution in [2.24, 2.45) is 10.8 Å². The van der Waals surface area contributed by atoms with Crippen LogP contribution in [0.3, 0.4) is 0 Å². The molecule has 100 valence electrons. The minimum Gasteiger partial charge on any atom is -0.379 e. The molecule has 0 aliphatic carbocycles. The van der Waals surface area contributed by atoms with Gasteiger partial charge in [0.2, 0.25) is 0 Å². The van der Waals surface area contributed by atoms with Crippen molar-refractivity contribution in [1.29, 1.82) is 0 Å². The first-order valence-electron chi connectivity index (χ1n) is 5.96. The molecule has 0 aromatic carbocycles. The van der Waals surface area contributed by atoms with Crippen LogP contribution in [0, 0.1) is 10.8 Å². The summed E-state index contributed by atoms with van der Waals surface area (Å²) in [6.07, 6.45) is 0.178. The third-order valence-electron chi connectivity index (χ3n) is 4.48. The van der Waals surface area contributed by atoms with Crippen LogP contribution in [0.1, 0.15) is 48.0 Å². The van der Waals surface area contributed by atoms with E-state index in [0.717, 1.165) is 0 Å². The normalized spacial score (nSPS) is 36.5. The van der Waals surface area contributed by atoms with Crippen molar-refractivity contribution < 1.29 is 24.7 Å². The Kier molecular flexibility index (Phi) is 2.66. The minimum atomic E-state index is -1.41. The van der Waals surface area contributed by atoms with Gasteiger partial charge in [-0.2, -0.15) is 14.7 Å². The average molecular weight is 246 g/mol. The standard InChI is InChI=1S/C12H22O5/c1-9(2,3)10(4,5)7-8-11(6,13)12(15-14-8)16-17-12/h8,13H,7H2,1-6H3. The van der Waals surface area contributed by atoms with Gasteiger partial charge in [0.1, 0.15) is 6.10 Å². The van der Waals surface area contributed by atoms with E-state index in [0.29, 0.717) is 6.42 Å². The second-order valence-corrected chi connectivity index (χ2v) is 6.88. The van der Waals surface area contributed by atoms with Gasteiger partial charge in [0.05, 0.1) is 0 Å².